The van der Waals surface area contributed by atoms with E-state index < -0.39 is 11.6 Å². The van der Waals surface area contributed by atoms with Crippen molar-refractivity contribution >= 4 is 5.97 Å². The highest BCUT2D eigenvalue weighted by Gasteiger charge is 2.31. The Morgan fingerprint density at radius 2 is 1.47 bits per heavy atom. The Hall–Kier alpha value is -4.06. The van der Waals surface area contributed by atoms with Gasteiger partial charge >= 0.3 is 5.97 Å². The van der Waals surface area contributed by atoms with E-state index in [1.165, 1.54) is 5.56 Å². The van der Waals surface area contributed by atoms with Crippen LogP contribution in [0.2, 0.25) is 0 Å². The number of carbonyl (C=O) groups is 1. The van der Waals surface area contributed by atoms with Gasteiger partial charge in [0.05, 0.1) is 18.9 Å². The van der Waals surface area contributed by atoms with Crippen LogP contribution in [-0.2, 0) is 16.0 Å². The molecule has 0 N–H and O–H groups in total. The van der Waals surface area contributed by atoms with Crippen LogP contribution >= 0.6 is 0 Å². The van der Waals surface area contributed by atoms with Crippen molar-refractivity contribution in [2.24, 2.45) is 0 Å². The van der Waals surface area contributed by atoms with Gasteiger partial charge in [0.25, 0.3) is 0 Å². The number of benzene rings is 3. The fourth-order valence-electron chi connectivity index (χ4n) is 3.73. The third-order valence-corrected chi connectivity index (χ3v) is 5.70. The van der Waals surface area contributed by atoms with Crippen molar-refractivity contribution in [1.29, 1.82) is 0 Å². The summed E-state index contributed by atoms with van der Waals surface area (Å²) in [5, 5.41) is 0. The topological polar surface area (TPSA) is 70.8 Å². The van der Waals surface area contributed by atoms with E-state index in [0.717, 1.165) is 22.6 Å². The number of aryl methyl sites for hydroxylation is 1. The molecule has 6 heteroatoms. The number of aromatic nitrogens is 1. The molecule has 0 unspecified atom stereocenters. The molecule has 0 fully saturated rings. The fraction of sp³-hybridized carbons (Fsp3) is 0.267. The Kier molecular flexibility index (Phi) is 7.74. The molecule has 0 aliphatic carbocycles. The molecule has 0 saturated carbocycles. The van der Waals surface area contributed by atoms with Crippen LogP contribution in [0.3, 0.4) is 0 Å². The second kappa shape index (κ2) is 11.1. The second-order valence-electron chi connectivity index (χ2n) is 8.87. The summed E-state index contributed by atoms with van der Waals surface area (Å²) in [4.78, 5) is 16.7. The van der Waals surface area contributed by atoms with Crippen LogP contribution in [0.1, 0.15) is 32.2 Å². The lowest BCUT2D eigenvalue weighted by Gasteiger charge is -2.24. The van der Waals surface area contributed by atoms with Crippen molar-refractivity contribution in [1.82, 2.24) is 4.98 Å². The van der Waals surface area contributed by atoms with Crippen LogP contribution in [0.25, 0.3) is 22.6 Å². The first-order valence-electron chi connectivity index (χ1n) is 12.1. The number of hydrogen-bond acceptors (Lipinski definition) is 6. The van der Waals surface area contributed by atoms with E-state index in [0.29, 0.717) is 37.0 Å². The third kappa shape index (κ3) is 6.13. The Labute approximate surface area is 211 Å². The minimum Gasteiger partial charge on any atom is -0.493 e. The Balaban J connectivity index is 1.32. The number of carbonyl (C=O) groups excluding carboxylic acids is 1. The summed E-state index contributed by atoms with van der Waals surface area (Å²) in [6, 6.07) is 25.6. The molecule has 0 aliphatic heterocycles. The van der Waals surface area contributed by atoms with E-state index in [1.54, 1.807) is 32.9 Å². The molecule has 0 spiro atoms. The van der Waals surface area contributed by atoms with E-state index in [4.69, 9.17) is 18.6 Å². The van der Waals surface area contributed by atoms with E-state index in [9.17, 15) is 4.79 Å². The quantitative estimate of drug-likeness (QED) is 0.234. The van der Waals surface area contributed by atoms with E-state index in [1.807, 2.05) is 49.4 Å². The van der Waals surface area contributed by atoms with Gasteiger partial charge in [-0.15, -0.1) is 0 Å². The van der Waals surface area contributed by atoms with E-state index in [-0.39, 0.29) is 0 Å². The van der Waals surface area contributed by atoms with Gasteiger partial charge in [0.2, 0.25) is 5.89 Å². The largest absolute Gasteiger partial charge is 0.493 e. The molecule has 1 aromatic heterocycles. The Bertz CT molecular complexity index is 1280. The summed E-state index contributed by atoms with van der Waals surface area (Å²) in [7, 11) is 0. The van der Waals surface area contributed by atoms with Gasteiger partial charge in [0.1, 0.15) is 17.3 Å². The van der Waals surface area contributed by atoms with E-state index >= 15 is 0 Å². The predicted octanol–water partition coefficient (Wildman–Crippen LogP) is 6.66. The first-order chi connectivity index (χ1) is 17.4. The summed E-state index contributed by atoms with van der Waals surface area (Å²) in [6.45, 7) is 7.81. The average Bonchev–Trinajstić information content (AvgIpc) is 3.26. The van der Waals surface area contributed by atoms with Gasteiger partial charge in [0, 0.05) is 12.0 Å². The monoisotopic (exact) mass is 485 g/mol. The van der Waals surface area contributed by atoms with Gasteiger partial charge in [-0.3, -0.25) is 0 Å². The Morgan fingerprint density at radius 3 is 2.14 bits per heavy atom. The number of rotatable bonds is 10. The summed E-state index contributed by atoms with van der Waals surface area (Å²) in [5.41, 5.74) is 3.06. The average molecular weight is 486 g/mol. The van der Waals surface area contributed by atoms with Crippen molar-refractivity contribution in [3.05, 3.63) is 90.3 Å². The van der Waals surface area contributed by atoms with Crippen molar-refractivity contribution in [3.8, 4) is 34.1 Å². The fourth-order valence-corrected chi connectivity index (χ4v) is 3.73. The van der Waals surface area contributed by atoms with Gasteiger partial charge in [-0.25, -0.2) is 9.78 Å². The molecule has 0 amide bonds. The van der Waals surface area contributed by atoms with Gasteiger partial charge in [-0.05, 0) is 75.2 Å². The molecule has 0 aliphatic rings. The predicted molar refractivity (Wildman–Crippen MR) is 139 cm³/mol. The number of nitrogens with zero attached hydrogens (tertiary/aromatic N) is 1. The van der Waals surface area contributed by atoms with Crippen molar-refractivity contribution in [2.45, 2.75) is 39.7 Å². The van der Waals surface area contributed by atoms with Crippen LogP contribution < -0.4 is 9.47 Å². The maximum Gasteiger partial charge on any atom is 0.349 e. The minimum atomic E-state index is -1.07. The molecular formula is C30H31NO5. The first kappa shape index (κ1) is 25.0. The normalized spacial score (nSPS) is 11.2. The zero-order valence-corrected chi connectivity index (χ0v) is 21.1. The van der Waals surface area contributed by atoms with Gasteiger partial charge in [-0.2, -0.15) is 0 Å². The van der Waals surface area contributed by atoms with Crippen LogP contribution in [0.5, 0.6) is 11.5 Å². The van der Waals surface area contributed by atoms with Gasteiger partial charge in [-0.1, -0.05) is 42.5 Å². The summed E-state index contributed by atoms with van der Waals surface area (Å²) in [6.07, 6.45) is 0.617. The molecule has 1 heterocycles. The molecular weight excluding hydrogens is 454 g/mol. The highest BCUT2D eigenvalue weighted by molar-refractivity contribution is 5.79. The molecule has 0 atom stereocenters. The summed E-state index contributed by atoms with van der Waals surface area (Å²) in [5.74, 6) is 2.25. The molecule has 3 aromatic carbocycles. The molecule has 4 aromatic rings. The number of oxazole rings is 1. The standard InChI is InChI=1S/C30H31NO5/c1-5-33-29(32)30(3,4)36-26-17-15-25(16-18-26)34-20-19-27-21(2)35-28(31-27)24-13-11-23(12-14-24)22-9-7-6-8-10-22/h6-18H,5,19-20H2,1-4H3. The zero-order valence-electron chi connectivity index (χ0n) is 21.1. The molecule has 4 rings (SSSR count). The zero-order chi connectivity index (χ0) is 25.5. The van der Waals surface area contributed by atoms with Crippen molar-refractivity contribution in [3.63, 3.8) is 0 Å². The van der Waals surface area contributed by atoms with Crippen LogP contribution in [0, 0.1) is 6.92 Å². The SMILES string of the molecule is CCOC(=O)C(C)(C)Oc1ccc(OCCc2nc(-c3ccc(-c4ccccc4)cc3)oc2C)cc1. The summed E-state index contributed by atoms with van der Waals surface area (Å²) >= 11 is 0. The van der Waals surface area contributed by atoms with Crippen molar-refractivity contribution in [2.75, 3.05) is 13.2 Å². The van der Waals surface area contributed by atoms with Gasteiger partial charge in [0.15, 0.2) is 5.60 Å². The number of ether oxygens (including phenoxy) is 3. The smallest absolute Gasteiger partial charge is 0.349 e. The lowest BCUT2D eigenvalue weighted by molar-refractivity contribution is -0.158. The minimum absolute atomic E-state index is 0.311. The lowest BCUT2D eigenvalue weighted by atomic mass is 10.0. The molecule has 0 saturated heterocycles. The van der Waals surface area contributed by atoms with Gasteiger partial charge < -0.3 is 18.6 Å². The number of hydrogen-bond donors (Lipinski definition) is 0. The number of esters is 1. The third-order valence-electron chi connectivity index (χ3n) is 5.70. The molecule has 36 heavy (non-hydrogen) atoms. The molecule has 0 radical (unpaired) electrons. The van der Waals surface area contributed by atoms with Crippen molar-refractivity contribution < 1.29 is 23.4 Å². The van der Waals surface area contributed by atoms with Crippen LogP contribution in [0.15, 0.2) is 83.3 Å². The molecule has 6 nitrogen and oxygen atoms in total. The summed E-state index contributed by atoms with van der Waals surface area (Å²) < 4.78 is 22.7. The second-order valence-corrected chi connectivity index (χ2v) is 8.87. The van der Waals surface area contributed by atoms with E-state index in [2.05, 4.69) is 29.2 Å². The highest BCUT2D eigenvalue weighted by Crippen LogP contribution is 2.27. The Morgan fingerprint density at radius 1 is 0.861 bits per heavy atom. The molecule has 0 bridgehead atoms. The first-order valence-corrected chi connectivity index (χ1v) is 12.1. The van der Waals surface area contributed by atoms with Crippen LogP contribution in [-0.4, -0.2) is 29.8 Å². The maximum absolute atomic E-state index is 12.0. The lowest BCUT2D eigenvalue weighted by Crippen LogP contribution is -2.39. The highest BCUT2D eigenvalue weighted by atomic mass is 16.6. The van der Waals surface area contributed by atoms with Crippen LogP contribution in [0.4, 0.5) is 0 Å². The maximum atomic E-state index is 12.0. The molecule has 186 valence electrons.